The van der Waals surface area contributed by atoms with Crippen LogP contribution in [0.15, 0.2) is 30.3 Å². The van der Waals surface area contributed by atoms with Crippen LogP contribution >= 0.6 is 0 Å². The number of fused-ring (bicyclic) bond motifs is 8. The van der Waals surface area contributed by atoms with E-state index in [1.54, 1.807) is 14.2 Å². The molecule has 3 aromatic heterocycles. The number of aromatic amines is 2. The molecular weight excluding hydrogens is 652 g/mol. The Balaban J connectivity index is 1.95. The zero-order valence-corrected chi connectivity index (χ0v) is 31.8. The first-order chi connectivity index (χ1) is 25.2. The van der Waals surface area contributed by atoms with Crippen molar-refractivity contribution in [1.82, 2.24) is 19.9 Å². The average molecular weight is 705 g/mol. The van der Waals surface area contributed by atoms with Crippen molar-refractivity contribution < 1.29 is 24.8 Å². The van der Waals surface area contributed by atoms with Crippen LogP contribution in [0.1, 0.15) is 104 Å². The predicted molar refractivity (Wildman–Crippen MR) is 211 cm³/mol. The van der Waals surface area contributed by atoms with Crippen LogP contribution in [0.25, 0.3) is 55.5 Å². The Hall–Kier alpha value is -4.70. The van der Waals surface area contributed by atoms with E-state index in [1.165, 1.54) is 11.1 Å². The first-order valence-electron chi connectivity index (χ1n) is 18.5. The molecule has 9 heteroatoms. The van der Waals surface area contributed by atoms with E-state index in [1.807, 2.05) is 12.1 Å². The monoisotopic (exact) mass is 704 g/mol. The number of rotatable bonds is 12. The number of H-pyrrole nitrogens is 2. The van der Waals surface area contributed by atoms with Gasteiger partial charge >= 0.3 is 0 Å². The van der Waals surface area contributed by atoms with Crippen molar-refractivity contribution in [2.45, 2.75) is 86.7 Å². The minimum absolute atomic E-state index is 0.00542. The molecular formula is C43H52N4O5. The number of hydrogen-bond donors (Lipinski definition) is 5. The number of hydrogen-bond acceptors (Lipinski definition) is 7. The molecule has 4 aromatic rings. The highest BCUT2D eigenvalue weighted by Gasteiger charge is 2.28. The van der Waals surface area contributed by atoms with Gasteiger partial charge in [0.05, 0.1) is 49.1 Å². The van der Waals surface area contributed by atoms with Gasteiger partial charge in [0, 0.05) is 47.0 Å². The molecule has 8 bridgehead atoms. The van der Waals surface area contributed by atoms with E-state index in [4.69, 9.17) is 19.4 Å². The number of aliphatic hydroxyl groups excluding tert-OH is 3. The molecule has 0 fully saturated rings. The van der Waals surface area contributed by atoms with Gasteiger partial charge in [-0.05, 0) is 127 Å². The zero-order chi connectivity index (χ0) is 37.3. The van der Waals surface area contributed by atoms with Crippen LogP contribution in [0.4, 0.5) is 0 Å². The summed E-state index contributed by atoms with van der Waals surface area (Å²) in [6.45, 7) is 12.6. The van der Waals surface area contributed by atoms with Gasteiger partial charge in [0.25, 0.3) is 0 Å². The normalized spacial score (nSPS) is 13.1. The second-order valence-electron chi connectivity index (χ2n) is 13.4. The van der Waals surface area contributed by atoms with Crippen LogP contribution in [0, 0.1) is 6.92 Å². The highest BCUT2D eigenvalue weighted by Crippen LogP contribution is 2.47. The van der Waals surface area contributed by atoms with Crippen molar-refractivity contribution in [2.75, 3.05) is 27.4 Å². The largest absolute Gasteiger partial charge is 0.497 e. The number of ether oxygens (including phenoxy) is 2. The SMILES string of the molecule is CCC1=C(CC)c2nc1cc1[nH]c(cc3nc(cc4[nH]c(c(CC)c4CC)c2-c2c(CO)cc(OC)cc2OC)C(C)=C3CCO)c(CCO)c1C. The van der Waals surface area contributed by atoms with Gasteiger partial charge < -0.3 is 34.8 Å². The summed E-state index contributed by atoms with van der Waals surface area (Å²) in [5, 5.41) is 31.2. The molecule has 9 nitrogen and oxygen atoms in total. The molecule has 0 atom stereocenters. The fraction of sp³-hybridized carbons (Fsp3) is 0.395. The van der Waals surface area contributed by atoms with Gasteiger partial charge in [-0.15, -0.1) is 0 Å². The lowest BCUT2D eigenvalue weighted by atomic mass is 9.90. The summed E-state index contributed by atoms with van der Waals surface area (Å²) in [6.07, 6.45) is 4.04. The summed E-state index contributed by atoms with van der Waals surface area (Å²) < 4.78 is 11.7. The molecule has 5 heterocycles. The molecule has 1 aromatic carbocycles. The number of methoxy groups -OCH3 is 2. The molecule has 6 rings (SSSR count). The zero-order valence-electron chi connectivity index (χ0n) is 31.8. The second kappa shape index (κ2) is 15.5. The molecule has 0 saturated heterocycles. The number of benzene rings is 1. The Labute approximate surface area is 306 Å². The smallest absolute Gasteiger partial charge is 0.130 e. The number of aryl methyl sites for hydroxylation is 3. The summed E-state index contributed by atoms with van der Waals surface area (Å²) >= 11 is 0. The lowest BCUT2D eigenvalue weighted by molar-refractivity contribution is 0.280. The van der Waals surface area contributed by atoms with Gasteiger partial charge in [-0.25, -0.2) is 9.97 Å². The fourth-order valence-corrected chi connectivity index (χ4v) is 8.18. The second-order valence-corrected chi connectivity index (χ2v) is 13.4. The van der Waals surface area contributed by atoms with E-state index in [2.05, 4.69) is 69.7 Å². The number of nitrogens with one attached hydrogen (secondary N) is 2. The Morgan fingerprint density at radius 1 is 0.615 bits per heavy atom. The fourth-order valence-electron chi connectivity index (χ4n) is 8.18. The van der Waals surface area contributed by atoms with Gasteiger partial charge in [-0.2, -0.15) is 0 Å². The van der Waals surface area contributed by atoms with Crippen LogP contribution in [-0.4, -0.2) is 62.7 Å². The Morgan fingerprint density at radius 2 is 1.27 bits per heavy atom. The van der Waals surface area contributed by atoms with Crippen LogP contribution in [0.2, 0.25) is 0 Å². The minimum Gasteiger partial charge on any atom is -0.497 e. The Kier molecular flexibility index (Phi) is 11.0. The van der Waals surface area contributed by atoms with Crippen molar-refractivity contribution in [3.8, 4) is 22.6 Å². The van der Waals surface area contributed by atoms with Crippen molar-refractivity contribution in [1.29, 1.82) is 0 Å². The maximum absolute atomic E-state index is 10.9. The first kappa shape index (κ1) is 37.1. The van der Waals surface area contributed by atoms with Crippen molar-refractivity contribution >= 4 is 44.4 Å². The van der Waals surface area contributed by atoms with Gasteiger partial charge in [0.2, 0.25) is 0 Å². The van der Waals surface area contributed by atoms with Crippen LogP contribution in [-0.2, 0) is 25.9 Å². The summed E-state index contributed by atoms with van der Waals surface area (Å²) in [4.78, 5) is 18.2. The molecule has 5 N–H and O–H groups in total. The van der Waals surface area contributed by atoms with E-state index >= 15 is 0 Å². The molecule has 0 spiro atoms. The third-order valence-corrected chi connectivity index (χ3v) is 10.8. The molecule has 0 aliphatic carbocycles. The predicted octanol–water partition coefficient (Wildman–Crippen LogP) is 8.50. The van der Waals surface area contributed by atoms with E-state index in [0.29, 0.717) is 29.9 Å². The molecule has 52 heavy (non-hydrogen) atoms. The summed E-state index contributed by atoms with van der Waals surface area (Å²) in [5.41, 5.74) is 18.2. The van der Waals surface area contributed by atoms with Gasteiger partial charge in [-0.1, -0.05) is 27.7 Å². The van der Waals surface area contributed by atoms with Gasteiger partial charge in [0.1, 0.15) is 11.5 Å². The molecule has 2 aliphatic rings. The van der Waals surface area contributed by atoms with E-state index in [9.17, 15) is 15.3 Å². The maximum Gasteiger partial charge on any atom is 0.130 e. The lowest BCUT2D eigenvalue weighted by Gasteiger charge is -2.18. The topological polar surface area (TPSA) is 137 Å². The molecule has 0 saturated carbocycles. The summed E-state index contributed by atoms with van der Waals surface area (Å²) in [5.74, 6) is 1.18. The summed E-state index contributed by atoms with van der Waals surface area (Å²) in [6, 6.07) is 10.1. The number of nitrogens with zero attached hydrogens (tertiary/aromatic N) is 2. The Morgan fingerprint density at radius 3 is 1.88 bits per heavy atom. The number of aliphatic hydroxyl groups is 3. The highest BCUT2D eigenvalue weighted by molar-refractivity contribution is 6.03. The third-order valence-electron chi connectivity index (χ3n) is 10.8. The average Bonchev–Trinajstić information content (AvgIpc) is 3.86. The number of allylic oxidation sites excluding steroid dienone is 3. The summed E-state index contributed by atoms with van der Waals surface area (Å²) in [7, 11) is 3.26. The molecule has 0 radical (unpaired) electrons. The van der Waals surface area contributed by atoms with E-state index in [-0.39, 0.29) is 19.8 Å². The molecule has 2 aliphatic heterocycles. The lowest BCUT2D eigenvalue weighted by Crippen LogP contribution is -2.00. The highest BCUT2D eigenvalue weighted by atomic mass is 16.5. The van der Waals surface area contributed by atoms with E-state index < -0.39 is 0 Å². The van der Waals surface area contributed by atoms with Crippen LogP contribution < -0.4 is 9.47 Å². The van der Waals surface area contributed by atoms with Crippen LogP contribution in [0.5, 0.6) is 11.5 Å². The van der Waals surface area contributed by atoms with Crippen molar-refractivity contribution in [3.63, 3.8) is 0 Å². The van der Waals surface area contributed by atoms with Crippen molar-refractivity contribution in [2.24, 2.45) is 0 Å². The first-order valence-corrected chi connectivity index (χ1v) is 18.5. The van der Waals surface area contributed by atoms with E-state index in [0.717, 1.165) is 115 Å². The third kappa shape index (κ3) is 6.25. The minimum atomic E-state index is -0.225. The van der Waals surface area contributed by atoms with Crippen LogP contribution in [0.3, 0.4) is 0 Å². The quantitative estimate of drug-likeness (QED) is 0.0998. The molecule has 0 unspecified atom stereocenters. The Bertz CT molecular complexity index is 2230. The number of aromatic nitrogens is 4. The van der Waals surface area contributed by atoms with Gasteiger partial charge in [-0.3, -0.25) is 0 Å². The molecule has 0 amide bonds. The molecule has 274 valence electrons. The van der Waals surface area contributed by atoms with Crippen molar-refractivity contribution in [3.05, 3.63) is 80.9 Å². The maximum atomic E-state index is 10.9. The standard InChI is InChI=1S/C43H52N4O5/c1-9-27-29(11-3)42-41(40-25(22-50)17-26(51-7)18-39(40)52-8)43-30(12-4)28(10-2)36(47-43)20-34-24(6)32(14-16-49)38(45-34)21-37-31(13-15-48)23(5)33(44-37)19-35(27)46-42/h17-21,44,47-50H,9-16,22H2,1-8H3. The van der Waals surface area contributed by atoms with Gasteiger partial charge in [0.15, 0.2) is 0 Å².